The number of nitrogens with one attached hydrogen (secondary N) is 1. The van der Waals surface area contributed by atoms with Crippen LogP contribution in [0.5, 0.6) is 0 Å². The Kier molecular flexibility index (Phi) is 5.50. The van der Waals surface area contributed by atoms with Crippen molar-refractivity contribution < 1.29 is 9.18 Å². The minimum Gasteiger partial charge on any atom is -0.345 e. The Balaban J connectivity index is 2.13. The van der Waals surface area contributed by atoms with Crippen molar-refractivity contribution in [3.8, 4) is 0 Å². The van der Waals surface area contributed by atoms with Gasteiger partial charge in [-0.1, -0.05) is 56.2 Å². The maximum absolute atomic E-state index is 13.2. The van der Waals surface area contributed by atoms with Crippen molar-refractivity contribution >= 4 is 5.91 Å². The number of halogens is 1. The molecule has 1 N–H and O–H groups in total. The second-order valence-corrected chi connectivity index (χ2v) is 5.09. The molecule has 2 rings (SSSR count). The summed E-state index contributed by atoms with van der Waals surface area (Å²) in [6.45, 7) is 2.12. The van der Waals surface area contributed by atoms with Gasteiger partial charge in [-0.25, -0.2) is 4.39 Å². The molecule has 0 aromatic heterocycles. The first kappa shape index (κ1) is 15.2. The molecule has 0 radical (unpaired) electrons. The van der Waals surface area contributed by atoms with E-state index in [0.29, 0.717) is 5.56 Å². The standard InChI is InChI=1S/C18H20FNO/c1-2-3-12-17(14-8-5-4-6-9-14)20-18(21)15-10-7-11-16(19)13-15/h4-11,13,17H,2-3,12H2,1H3,(H,20,21)/t17-/m1/s1. The van der Waals surface area contributed by atoms with Crippen LogP contribution in [0.1, 0.15) is 48.1 Å². The van der Waals surface area contributed by atoms with Crippen LogP contribution in [0.4, 0.5) is 4.39 Å². The molecule has 0 saturated carbocycles. The first-order chi connectivity index (χ1) is 10.2. The summed E-state index contributed by atoms with van der Waals surface area (Å²) >= 11 is 0. The first-order valence-electron chi connectivity index (χ1n) is 7.32. The third kappa shape index (κ3) is 4.42. The molecule has 0 fully saturated rings. The number of carbonyl (C=O) groups excluding carboxylic acids is 1. The molecule has 0 unspecified atom stereocenters. The average molecular weight is 285 g/mol. The lowest BCUT2D eigenvalue weighted by atomic mass is 10.0. The largest absolute Gasteiger partial charge is 0.345 e. The quantitative estimate of drug-likeness (QED) is 0.832. The Labute approximate surface area is 125 Å². The van der Waals surface area contributed by atoms with Crippen molar-refractivity contribution in [2.24, 2.45) is 0 Å². The van der Waals surface area contributed by atoms with E-state index in [1.165, 1.54) is 12.1 Å². The van der Waals surface area contributed by atoms with Crippen LogP contribution >= 0.6 is 0 Å². The van der Waals surface area contributed by atoms with Crippen molar-refractivity contribution in [2.75, 3.05) is 0 Å². The third-order valence-corrected chi connectivity index (χ3v) is 3.44. The number of amides is 1. The number of hydrogen-bond donors (Lipinski definition) is 1. The summed E-state index contributed by atoms with van der Waals surface area (Å²) in [5, 5.41) is 3.01. The summed E-state index contributed by atoms with van der Waals surface area (Å²) in [6.07, 6.45) is 2.98. The zero-order valence-corrected chi connectivity index (χ0v) is 12.2. The minimum absolute atomic E-state index is 0.0399. The smallest absolute Gasteiger partial charge is 0.251 e. The van der Waals surface area contributed by atoms with Crippen LogP contribution in [0, 0.1) is 5.82 Å². The fourth-order valence-corrected chi connectivity index (χ4v) is 2.29. The SMILES string of the molecule is CCCC[C@@H](NC(=O)c1cccc(F)c1)c1ccccc1. The van der Waals surface area contributed by atoms with Gasteiger partial charge >= 0.3 is 0 Å². The van der Waals surface area contributed by atoms with Crippen LogP contribution in [0.25, 0.3) is 0 Å². The van der Waals surface area contributed by atoms with Crippen LogP contribution < -0.4 is 5.32 Å². The Morgan fingerprint density at radius 3 is 2.57 bits per heavy atom. The molecule has 2 aromatic carbocycles. The van der Waals surface area contributed by atoms with E-state index in [0.717, 1.165) is 24.8 Å². The molecule has 0 aliphatic rings. The van der Waals surface area contributed by atoms with Gasteiger partial charge in [0.2, 0.25) is 0 Å². The van der Waals surface area contributed by atoms with E-state index >= 15 is 0 Å². The van der Waals surface area contributed by atoms with Crippen LogP contribution in [0.15, 0.2) is 54.6 Å². The van der Waals surface area contributed by atoms with Gasteiger partial charge in [0.15, 0.2) is 0 Å². The summed E-state index contributed by atoms with van der Waals surface area (Å²) in [5.74, 6) is -0.632. The van der Waals surface area contributed by atoms with Gasteiger partial charge in [0.1, 0.15) is 5.82 Å². The highest BCUT2D eigenvalue weighted by Gasteiger charge is 2.15. The summed E-state index contributed by atoms with van der Waals surface area (Å²) in [4.78, 5) is 12.3. The number of benzene rings is 2. The van der Waals surface area contributed by atoms with Gasteiger partial charge < -0.3 is 5.32 Å². The second-order valence-electron chi connectivity index (χ2n) is 5.09. The first-order valence-corrected chi connectivity index (χ1v) is 7.32. The summed E-state index contributed by atoms with van der Waals surface area (Å²) < 4.78 is 13.2. The summed E-state index contributed by atoms with van der Waals surface area (Å²) in [6, 6.07) is 15.6. The molecular weight excluding hydrogens is 265 g/mol. The van der Waals surface area contributed by atoms with Gasteiger partial charge in [-0.3, -0.25) is 4.79 Å². The van der Waals surface area contributed by atoms with Crippen molar-refractivity contribution in [3.05, 3.63) is 71.5 Å². The van der Waals surface area contributed by atoms with E-state index in [1.54, 1.807) is 12.1 Å². The zero-order chi connectivity index (χ0) is 15.1. The molecule has 0 spiro atoms. The number of unbranched alkanes of at least 4 members (excludes halogenated alkanes) is 1. The van der Waals surface area contributed by atoms with Crippen LogP contribution in [0.3, 0.4) is 0 Å². The number of carbonyl (C=O) groups is 1. The molecule has 2 nitrogen and oxygen atoms in total. The Hall–Kier alpha value is -2.16. The van der Waals surface area contributed by atoms with Gasteiger partial charge in [-0.2, -0.15) is 0 Å². The minimum atomic E-state index is -0.396. The fourth-order valence-electron chi connectivity index (χ4n) is 2.29. The van der Waals surface area contributed by atoms with Crippen LogP contribution in [-0.2, 0) is 0 Å². The third-order valence-electron chi connectivity index (χ3n) is 3.44. The number of rotatable bonds is 6. The Bertz CT molecular complexity index is 583. The molecule has 2 aromatic rings. The lowest BCUT2D eigenvalue weighted by Crippen LogP contribution is -2.28. The fraction of sp³-hybridized carbons (Fsp3) is 0.278. The summed E-state index contributed by atoms with van der Waals surface area (Å²) in [5.41, 5.74) is 1.43. The van der Waals surface area contributed by atoms with E-state index in [9.17, 15) is 9.18 Å². The van der Waals surface area contributed by atoms with Gasteiger partial charge in [0.25, 0.3) is 5.91 Å². The topological polar surface area (TPSA) is 29.1 Å². The monoisotopic (exact) mass is 285 g/mol. The lowest BCUT2D eigenvalue weighted by Gasteiger charge is -2.19. The molecule has 0 bridgehead atoms. The van der Waals surface area contributed by atoms with Gasteiger partial charge in [0, 0.05) is 5.56 Å². The molecule has 3 heteroatoms. The maximum Gasteiger partial charge on any atom is 0.251 e. The lowest BCUT2D eigenvalue weighted by molar-refractivity contribution is 0.0933. The normalized spacial score (nSPS) is 11.9. The molecular formula is C18H20FNO. The van der Waals surface area contributed by atoms with Gasteiger partial charge in [-0.05, 0) is 30.2 Å². The molecule has 0 saturated heterocycles. The van der Waals surface area contributed by atoms with Crippen molar-refractivity contribution in [3.63, 3.8) is 0 Å². The van der Waals surface area contributed by atoms with Crippen molar-refractivity contribution in [2.45, 2.75) is 32.2 Å². The zero-order valence-electron chi connectivity index (χ0n) is 12.2. The highest BCUT2D eigenvalue weighted by atomic mass is 19.1. The Morgan fingerprint density at radius 1 is 1.14 bits per heavy atom. The van der Waals surface area contributed by atoms with Gasteiger partial charge in [0.05, 0.1) is 6.04 Å². The highest BCUT2D eigenvalue weighted by Crippen LogP contribution is 2.20. The van der Waals surface area contributed by atoms with E-state index in [1.807, 2.05) is 30.3 Å². The molecule has 1 amide bonds. The van der Waals surface area contributed by atoms with E-state index in [-0.39, 0.29) is 11.9 Å². The van der Waals surface area contributed by atoms with E-state index < -0.39 is 5.82 Å². The van der Waals surface area contributed by atoms with Crippen molar-refractivity contribution in [1.29, 1.82) is 0 Å². The van der Waals surface area contributed by atoms with Crippen LogP contribution in [-0.4, -0.2) is 5.91 Å². The molecule has 21 heavy (non-hydrogen) atoms. The second kappa shape index (κ2) is 7.58. The number of hydrogen-bond acceptors (Lipinski definition) is 1. The predicted molar refractivity (Wildman–Crippen MR) is 82.6 cm³/mol. The molecule has 0 heterocycles. The van der Waals surface area contributed by atoms with E-state index in [4.69, 9.17) is 0 Å². The van der Waals surface area contributed by atoms with E-state index in [2.05, 4.69) is 12.2 Å². The molecule has 0 aliphatic heterocycles. The average Bonchev–Trinajstić information content (AvgIpc) is 2.52. The predicted octanol–water partition coefficient (Wildman–Crippen LogP) is 4.49. The molecule has 1 atom stereocenters. The highest BCUT2D eigenvalue weighted by molar-refractivity contribution is 5.94. The Morgan fingerprint density at radius 2 is 1.90 bits per heavy atom. The molecule has 0 aliphatic carbocycles. The van der Waals surface area contributed by atoms with Gasteiger partial charge in [-0.15, -0.1) is 0 Å². The van der Waals surface area contributed by atoms with Crippen LogP contribution in [0.2, 0.25) is 0 Å². The maximum atomic E-state index is 13.2. The van der Waals surface area contributed by atoms with Crippen molar-refractivity contribution in [1.82, 2.24) is 5.32 Å². The molecule has 110 valence electrons. The summed E-state index contributed by atoms with van der Waals surface area (Å²) in [7, 11) is 0.